The molecule has 18 heavy (non-hydrogen) atoms. The average molecular weight is 288 g/mol. The first-order chi connectivity index (χ1) is 8.58. The SMILES string of the molecule is Nc1c(Cl)cc(C(=O)OC2CCCCC2)cc1Cl. The fourth-order valence-electron chi connectivity index (χ4n) is 2.10. The van der Waals surface area contributed by atoms with Crippen LogP contribution >= 0.6 is 23.2 Å². The average Bonchev–Trinajstić information content (AvgIpc) is 2.36. The summed E-state index contributed by atoms with van der Waals surface area (Å²) in [6.07, 6.45) is 5.32. The fraction of sp³-hybridized carbons (Fsp3) is 0.462. The normalized spacial score (nSPS) is 16.6. The first kappa shape index (κ1) is 13.5. The van der Waals surface area contributed by atoms with Crippen molar-refractivity contribution in [3.63, 3.8) is 0 Å². The molecule has 0 atom stereocenters. The van der Waals surface area contributed by atoms with E-state index in [0.717, 1.165) is 25.7 Å². The maximum Gasteiger partial charge on any atom is 0.338 e. The molecule has 1 saturated carbocycles. The Morgan fingerprint density at radius 1 is 1.17 bits per heavy atom. The molecule has 5 heteroatoms. The summed E-state index contributed by atoms with van der Waals surface area (Å²) in [6, 6.07) is 2.99. The highest BCUT2D eigenvalue weighted by Gasteiger charge is 2.19. The number of carbonyl (C=O) groups is 1. The molecule has 0 bridgehead atoms. The number of esters is 1. The Balaban J connectivity index is 2.08. The van der Waals surface area contributed by atoms with E-state index in [1.807, 2.05) is 0 Å². The van der Waals surface area contributed by atoms with Crippen LogP contribution in [0.3, 0.4) is 0 Å². The van der Waals surface area contributed by atoms with Crippen LogP contribution in [0.1, 0.15) is 42.5 Å². The van der Waals surface area contributed by atoms with Gasteiger partial charge in [-0.3, -0.25) is 0 Å². The molecule has 0 spiro atoms. The molecule has 2 rings (SSSR count). The zero-order chi connectivity index (χ0) is 13.1. The molecular weight excluding hydrogens is 273 g/mol. The Morgan fingerprint density at radius 3 is 2.28 bits per heavy atom. The summed E-state index contributed by atoms with van der Waals surface area (Å²) >= 11 is 11.8. The molecule has 1 fully saturated rings. The van der Waals surface area contributed by atoms with Crippen molar-refractivity contribution in [3.05, 3.63) is 27.7 Å². The predicted molar refractivity (Wildman–Crippen MR) is 73.2 cm³/mol. The van der Waals surface area contributed by atoms with E-state index in [0.29, 0.717) is 5.56 Å². The van der Waals surface area contributed by atoms with E-state index >= 15 is 0 Å². The smallest absolute Gasteiger partial charge is 0.338 e. The lowest BCUT2D eigenvalue weighted by atomic mass is 9.98. The van der Waals surface area contributed by atoms with Gasteiger partial charge in [0.1, 0.15) is 6.10 Å². The number of nitrogen functional groups attached to an aromatic ring is 1. The molecule has 0 heterocycles. The van der Waals surface area contributed by atoms with Crippen LogP contribution in [0.25, 0.3) is 0 Å². The maximum atomic E-state index is 11.9. The van der Waals surface area contributed by atoms with Crippen molar-refractivity contribution in [2.75, 3.05) is 5.73 Å². The van der Waals surface area contributed by atoms with Gasteiger partial charge in [-0.05, 0) is 37.8 Å². The number of anilines is 1. The monoisotopic (exact) mass is 287 g/mol. The summed E-state index contributed by atoms with van der Waals surface area (Å²) in [6.45, 7) is 0. The molecule has 0 radical (unpaired) electrons. The molecule has 1 aliphatic carbocycles. The molecule has 0 aliphatic heterocycles. The van der Waals surface area contributed by atoms with Crippen LogP contribution in [0.2, 0.25) is 10.0 Å². The van der Waals surface area contributed by atoms with Crippen molar-refractivity contribution >= 4 is 34.9 Å². The summed E-state index contributed by atoms with van der Waals surface area (Å²) in [5, 5.41) is 0.552. The number of carbonyl (C=O) groups excluding carboxylic acids is 1. The van der Waals surface area contributed by atoms with Gasteiger partial charge in [-0.25, -0.2) is 4.79 Å². The van der Waals surface area contributed by atoms with Crippen molar-refractivity contribution in [2.24, 2.45) is 0 Å². The van der Waals surface area contributed by atoms with E-state index in [1.165, 1.54) is 18.6 Å². The van der Waals surface area contributed by atoms with Crippen molar-refractivity contribution in [3.8, 4) is 0 Å². The molecule has 1 aromatic rings. The highest BCUT2D eigenvalue weighted by atomic mass is 35.5. The van der Waals surface area contributed by atoms with Gasteiger partial charge in [0.25, 0.3) is 0 Å². The Morgan fingerprint density at radius 2 is 1.72 bits per heavy atom. The number of rotatable bonds is 2. The molecule has 3 nitrogen and oxygen atoms in total. The number of halogens is 2. The van der Waals surface area contributed by atoms with Gasteiger partial charge in [0.2, 0.25) is 0 Å². The van der Waals surface area contributed by atoms with E-state index in [2.05, 4.69) is 0 Å². The highest BCUT2D eigenvalue weighted by molar-refractivity contribution is 6.39. The number of benzene rings is 1. The van der Waals surface area contributed by atoms with Crippen LogP contribution in [0.15, 0.2) is 12.1 Å². The minimum atomic E-state index is -0.384. The largest absolute Gasteiger partial charge is 0.459 e. The third-order valence-corrected chi connectivity index (χ3v) is 3.77. The minimum absolute atomic E-state index is 0.0151. The predicted octanol–water partition coefficient (Wildman–Crippen LogP) is 4.07. The Labute approximate surface area is 116 Å². The van der Waals surface area contributed by atoms with Crippen molar-refractivity contribution in [1.82, 2.24) is 0 Å². The van der Waals surface area contributed by atoms with Crippen LogP contribution in [0.5, 0.6) is 0 Å². The quantitative estimate of drug-likeness (QED) is 0.659. The second-order valence-corrected chi connectivity index (χ2v) is 5.33. The summed E-state index contributed by atoms with van der Waals surface area (Å²) in [7, 11) is 0. The first-order valence-corrected chi connectivity index (χ1v) is 6.79. The lowest BCUT2D eigenvalue weighted by Gasteiger charge is -2.21. The van der Waals surface area contributed by atoms with Crippen LogP contribution in [0, 0.1) is 0 Å². The molecule has 0 amide bonds. The number of ether oxygens (including phenoxy) is 1. The summed E-state index contributed by atoms with van der Waals surface area (Å²) in [5.41, 5.74) is 6.26. The van der Waals surface area contributed by atoms with E-state index in [9.17, 15) is 4.79 Å². The second kappa shape index (κ2) is 5.81. The zero-order valence-corrected chi connectivity index (χ0v) is 11.4. The van der Waals surface area contributed by atoms with Crippen LogP contribution < -0.4 is 5.73 Å². The number of hydrogen-bond acceptors (Lipinski definition) is 3. The van der Waals surface area contributed by atoms with Gasteiger partial charge in [0, 0.05) is 0 Å². The van der Waals surface area contributed by atoms with E-state index in [1.54, 1.807) is 0 Å². The lowest BCUT2D eigenvalue weighted by Crippen LogP contribution is -2.21. The second-order valence-electron chi connectivity index (χ2n) is 4.52. The Kier molecular flexibility index (Phi) is 4.36. The molecule has 2 N–H and O–H groups in total. The van der Waals surface area contributed by atoms with E-state index in [4.69, 9.17) is 33.7 Å². The molecule has 1 aliphatic rings. The summed E-state index contributed by atoms with van der Waals surface area (Å²) in [4.78, 5) is 11.9. The van der Waals surface area contributed by atoms with Crippen molar-refractivity contribution in [2.45, 2.75) is 38.2 Å². The Hall–Kier alpha value is -0.930. The van der Waals surface area contributed by atoms with Gasteiger partial charge in [-0.15, -0.1) is 0 Å². The Bertz CT molecular complexity index is 433. The van der Waals surface area contributed by atoms with E-state index in [-0.39, 0.29) is 27.8 Å². The van der Waals surface area contributed by atoms with Gasteiger partial charge >= 0.3 is 5.97 Å². The van der Waals surface area contributed by atoms with E-state index < -0.39 is 0 Å². The third kappa shape index (κ3) is 3.09. The highest BCUT2D eigenvalue weighted by Crippen LogP contribution is 2.30. The van der Waals surface area contributed by atoms with Gasteiger partial charge in [-0.2, -0.15) is 0 Å². The van der Waals surface area contributed by atoms with Gasteiger partial charge in [-0.1, -0.05) is 29.6 Å². The van der Waals surface area contributed by atoms with Crippen LogP contribution in [-0.4, -0.2) is 12.1 Å². The lowest BCUT2D eigenvalue weighted by molar-refractivity contribution is 0.0211. The van der Waals surface area contributed by atoms with Gasteiger partial charge in [0.05, 0.1) is 21.3 Å². The fourth-order valence-corrected chi connectivity index (χ4v) is 2.59. The molecule has 1 aromatic carbocycles. The molecule has 98 valence electrons. The third-order valence-electron chi connectivity index (χ3n) is 3.14. The van der Waals surface area contributed by atoms with Gasteiger partial charge < -0.3 is 10.5 Å². The topological polar surface area (TPSA) is 52.3 Å². The minimum Gasteiger partial charge on any atom is -0.459 e. The van der Waals surface area contributed by atoms with Crippen molar-refractivity contribution < 1.29 is 9.53 Å². The first-order valence-electron chi connectivity index (χ1n) is 6.03. The molecule has 0 saturated heterocycles. The zero-order valence-electron chi connectivity index (χ0n) is 9.92. The number of nitrogens with two attached hydrogens (primary N) is 1. The standard InChI is InChI=1S/C13H15Cl2NO2/c14-10-6-8(7-11(15)12(10)16)13(17)18-9-4-2-1-3-5-9/h6-7,9H,1-5,16H2. The molecule has 0 aromatic heterocycles. The maximum absolute atomic E-state index is 11.9. The molecular formula is C13H15Cl2NO2. The summed E-state index contributed by atoms with van der Waals surface area (Å²) in [5.74, 6) is -0.384. The van der Waals surface area contributed by atoms with Crippen LogP contribution in [0.4, 0.5) is 5.69 Å². The number of hydrogen-bond donors (Lipinski definition) is 1. The molecule has 0 unspecified atom stereocenters. The van der Waals surface area contributed by atoms with Gasteiger partial charge in [0.15, 0.2) is 0 Å². The van der Waals surface area contributed by atoms with Crippen LogP contribution in [-0.2, 0) is 4.74 Å². The van der Waals surface area contributed by atoms with Crippen molar-refractivity contribution in [1.29, 1.82) is 0 Å². The summed E-state index contributed by atoms with van der Waals surface area (Å²) < 4.78 is 5.43.